The van der Waals surface area contributed by atoms with Crippen LogP contribution >= 0.6 is 0 Å². The Balaban J connectivity index is 2.27. The van der Waals surface area contributed by atoms with Gasteiger partial charge in [0.05, 0.1) is 17.6 Å². The summed E-state index contributed by atoms with van der Waals surface area (Å²) in [6, 6.07) is 0. The highest BCUT2D eigenvalue weighted by molar-refractivity contribution is 5.49. The summed E-state index contributed by atoms with van der Waals surface area (Å²) in [6.07, 6.45) is 4.63. The summed E-state index contributed by atoms with van der Waals surface area (Å²) >= 11 is 0. The molecule has 0 radical (unpaired) electrons. The van der Waals surface area contributed by atoms with Gasteiger partial charge >= 0.3 is 0 Å². The molecule has 4 heteroatoms. The van der Waals surface area contributed by atoms with E-state index in [1.807, 2.05) is 13.2 Å². The van der Waals surface area contributed by atoms with Gasteiger partial charge in [-0.15, -0.1) is 0 Å². The van der Waals surface area contributed by atoms with Crippen LogP contribution in [0.2, 0.25) is 0 Å². The first-order valence-electron chi connectivity index (χ1n) is 7.37. The van der Waals surface area contributed by atoms with Crippen LogP contribution in [0.5, 0.6) is 0 Å². The molecule has 0 bridgehead atoms. The number of rotatable bonds is 4. The largest absolute Gasteiger partial charge is 0.369 e. The molecule has 2 rings (SSSR count). The molecule has 0 amide bonds. The average Bonchev–Trinajstić information content (AvgIpc) is 2.39. The molecule has 1 aliphatic rings. The molecule has 1 aliphatic heterocycles. The number of aromatic nitrogens is 2. The summed E-state index contributed by atoms with van der Waals surface area (Å²) < 4.78 is 0. The summed E-state index contributed by atoms with van der Waals surface area (Å²) in [6.45, 7) is 9.67. The Bertz CT molecular complexity index is 417. The summed E-state index contributed by atoms with van der Waals surface area (Å²) in [7, 11) is 1.97. The molecule has 1 saturated heterocycles. The Labute approximate surface area is 116 Å². The second-order valence-electron chi connectivity index (χ2n) is 5.94. The Morgan fingerprint density at radius 2 is 2.26 bits per heavy atom. The smallest absolute Gasteiger partial charge is 0.131 e. The van der Waals surface area contributed by atoms with Gasteiger partial charge in [0, 0.05) is 25.6 Å². The van der Waals surface area contributed by atoms with Gasteiger partial charge in [0.25, 0.3) is 0 Å². The fraction of sp³-hybridized carbons (Fsp3) is 0.733. The second kappa shape index (κ2) is 6.33. The van der Waals surface area contributed by atoms with Crippen LogP contribution in [-0.2, 0) is 6.54 Å². The lowest BCUT2D eigenvalue weighted by Crippen LogP contribution is -2.35. The minimum absolute atomic E-state index is 0.380. The molecule has 0 aromatic carbocycles. The van der Waals surface area contributed by atoms with Gasteiger partial charge in [0.2, 0.25) is 0 Å². The number of anilines is 1. The Kier molecular flexibility index (Phi) is 4.75. The molecule has 0 aliphatic carbocycles. The Hall–Kier alpha value is -1.16. The number of piperidine rings is 1. The van der Waals surface area contributed by atoms with Crippen molar-refractivity contribution in [3.63, 3.8) is 0 Å². The number of nitrogens with one attached hydrogen (secondary N) is 1. The quantitative estimate of drug-likeness (QED) is 0.905. The first kappa shape index (κ1) is 14.3. The molecule has 1 aromatic rings. The monoisotopic (exact) mass is 262 g/mol. The minimum atomic E-state index is 0.380. The molecule has 1 N–H and O–H groups in total. The third kappa shape index (κ3) is 3.44. The summed E-state index contributed by atoms with van der Waals surface area (Å²) in [5.74, 6) is 2.09. The van der Waals surface area contributed by atoms with Crippen LogP contribution in [0.4, 0.5) is 5.69 Å². The summed E-state index contributed by atoms with van der Waals surface area (Å²) in [4.78, 5) is 11.7. The van der Waals surface area contributed by atoms with Gasteiger partial charge < -0.3 is 10.2 Å². The lowest BCUT2D eigenvalue weighted by Gasteiger charge is -2.33. The number of nitrogens with zero attached hydrogens (tertiary/aromatic N) is 3. The predicted octanol–water partition coefficient (Wildman–Crippen LogP) is 2.56. The minimum Gasteiger partial charge on any atom is -0.369 e. The molecule has 1 fully saturated rings. The normalized spacial score (nSPS) is 20.1. The van der Waals surface area contributed by atoms with E-state index in [9.17, 15) is 0 Å². The first-order valence-corrected chi connectivity index (χ1v) is 7.37. The van der Waals surface area contributed by atoms with Crippen LogP contribution < -0.4 is 10.2 Å². The molecule has 106 valence electrons. The SMILES string of the molecule is CNCc1nc(C(C)C)ncc1N1CCCC(C)C1. The average molecular weight is 262 g/mol. The standard InChI is InChI=1S/C15H26N4/c1-11(2)15-17-9-14(13(18-15)8-16-4)19-7-5-6-12(3)10-19/h9,11-12,16H,5-8,10H2,1-4H3. The first-order chi connectivity index (χ1) is 9.11. The highest BCUT2D eigenvalue weighted by Gasteiger charge is 2.20. The zero-order chi connectivity index (χ0) is 13.8. The Morgan fingerprint density at radius 3 is 2.89 bits per heavy atom. The summed E-state index contributed by atoms with van der Waals surface area (Å²) in [5, 5.41) is 3.22. The molecule has 1 atom stereocenters. The predicted molar refractivity (Wildman–Crippen MR) is 79.5 cm³/mol. The maximum absolute atomic E-state index is 4.75. The van der Waals surface area contributed by atoms with Gasteiger partial charge in [0.15, 0.2) is 0 Å². The van der Waals surface area contributed by atoms with E-state index in [-0.39, 0.29) is 0 Å². The zero-order valence-corrected chi connectivity index (χ0v) is 12.6. The number of hydrogen-bond donors (Lipinski definition) is 1. The van der Waals surface area contributed by atoms with Crippen LogP contribution in [0, 0.1) is 5.92 Å². The van der Waals surface area contributed by atoms with E-state index in [0.717, 1.165) is 37.1 Å². The van der Waals surface area contributed by atoms with Crippen LogP contribution in [0.1, 0.15) is 51.0 Å². The van der Waals surface area contributed by atoms with Gasteiger partial charge in [0.1, 0.15) is 5.82 Å². The van der Waals surface area contributed by atoms with E-state index in [1.54, 1.807) is 0 Å². The highest BCUT2D eigenvalue weighted by atomic mass is 15.2. The van der Waals surface area contributed by atoms with E-state index >= 15 is 0 Å². The van der Waals surface area contributed by atoms with Crippen LogP contribution in [0.25, 0.3) is 0 Å². The van der Waals surface area contributed by atoms with Crippen molar-refractivity contribution in [3.05, 3.63) is 17.7 Å². The maximum Gasteiger partial charge on any atom is 0.131 e. The molecule has 19 heavy (non-hydrogen) atoms. The third-order valence-corrected chi connectivity index (χ3v) is 3.72. The maximum atomic E-state index is 4.75. The topological polar surface area (TPSA) is 41.1 Å². The van der Waals surface area contributed by atoms with Gasteiger partial charge in [-0.05, 0) is 25.8 Å². The fourth-order valence-electron chi connectivity index (χ4n) is 2.67. The van der Waals surface area contributed by atoms with Crippen molar-refractivity contribution in [2.75, 3.05) is 25.0 Å². The summed E-state index contributed by atoms with van der Waals surface area (Å²) in [5.41, 5.74) is 2.35. The van der Waals surface area contributed by atoms with Crippen molar-refractivity contribution in [1.82, 2.24) is 15.3 Å². The van der Waals surface area contributed by atoms with Crippen molar-refractivity contribution in [2.45, 2.75) is 46.1 Å². The molecular formula is C15H26N4. The van der Waals surface area contributed by atoms with E-state index in [2.05, 4.69) is 36.0 Å². The van der Waals surface area contributed by atoms with Gasteiger partial charge in [-0.2, -0.15) is 0 Å². The van der Waals surface area contributed by atoms with E-state index in [0.29, 0.717) is 5.92 Å². The molecule has 0 spiro atoms. The van der Waals surface area contributed by atoms with Crippen molar-refractivity contribution < 1.29 is 0 Å². The zero-order valence-electron chi connectivity index (χ0n) is 12.6. The number of hydrogen-bond acceptors (Lipinski definition) is 4. The van der Waals surface area contributed by atoms with Crippen LogP contribution in [-0.4, -0.2) is 30.1 Å². The molecule has 2 heterocycles. The van der Waals surface area contributed by atoms with Crippen LogP contribution in [0.15, 0.2) is 6.20 Å². The molecule has 0 saturated carbocycles. The third-order valence-electron chi connectivity index (χ3n) is 3.72. The van der Waals surface area contributed by atoms with Crippen molar-refractivity contribution in [1.29, 1.82) is 0 Å². The lowest BCUT2D eigenvalue weighted by atomic mass is 9.99. The lowest BCUT2D eigenvalue weighted by molar-refractivity contribution is 0.445. The van der Waals surface area contributed by atoms with Gasteiger partial charge in [-0.1, -0.05) is 20.8 Å². The van der Waals surface area contributed by atoms with Gasteiger partial charge in [-0.25, -0.2) is 9.97 Å². The van der Waals surface area contributed by atoms with E-state index in [1.165, 1.54) is 18.5 Å². The molecule has 1 aromatic heterocycles. The van der Waals surface area contributed by atoms with Crippen molar-refractivity contribution in [3.8, 4) is 0 Å². The van der Waals surface area contributed by atoms with Crippen LogP contribution in [0.3, 0.4) is 0 Å². The molecule has 4 nitrogen and oxygen atoms in total. The highest BCUT2D eigenvalue weighted by Crippen LogP contribution is 2.25. The van der Waals surface area contributed by atoms with Crippen molar-refractivity contribution >= 4 is 5.69 Å². The van der Waals surface area contributed by atoms with Gasteiger partial charge in [-0.3, -0.25) is 0 Å². The molecule has 1 unspecified atom stereocenters. The van der Waals surface area contributed by atoms with E-state index < -0.39 is 0 Å². The Morgan fingerprint density at radius 1 is 1.47 bits per heavy atom. The van der Waals surface area contributed by atoms with Crippen molar-refractivity contribution in [2.24, 2.45) is 5.92 Å². The van der Waals surface area contributed by atoms with E-state index in [4.69, 9.17) is 4.98 Å². The molecular weight excluding hydrogens is 236 g/mol. The fourth-order valence-corrected chi connectivity index (χ4v) is 2.67. The second-order valence-corrected chi connectivity index (χ2v) is 5.94.